The van der Waals surface area contributed by atoms with Gasteiger partial charge in [-0.1, -0.05) is 12.1 Å². The van der Waals surface area contributed by atoms with Gasteiger partial charge in [-0.25, -0.2) is 0 Å². The van der Waals surface area contributed by atoms with Gasteiger partial charge in [0.2, 0.25) is 11.8 Å². The maximum Gasteiger partial charge on any atom is 0.274 e. The van der Waals surface area contributed by atoms with E-state index < -0.39 is 5.92 Å². The summed E-state index contributed by atoms with van der Waals surface area (Å²) >= 11 is 0. The van der Waals surface area contributed by atoms with Crippen molar-refractivity contribution in [2.24, 2.45) is 7.05 Å². The number of aryl methyl sites for hydroxylation is 2. The number of carbonyl (C=O) groups is 3. The number of imide groups is 1. The van der Waals surface area contributed by atoms with E-state index in [9.17, 15) is 14.4 Å². The molecule has 2 N–H and O–H groups in total. The number of aromatic amines is 1. The van der Waals surface area contributed by atoms with Crippen molar-refractivity contribution < 1.29 is 19.1 Å². The average molecular weight is 491 g/mol. The van der Waals surface area contributed by atoms with Crippen molar-refractivity contribution in [2.45, 2.75) is 63.4 Å². The van der Waals surface area contributed by atoms with Gasteiger partial charge in [-0.05, 0) is 38.2 Å². The maximum atomic E-state index is 13.2. The van der Waals surface area contributed by atoms with Gasteiger partial charge in [-0.3, -0.25) is 29.5 Å². The molecule has 10 nitrogen and oxygen atoms in total. The topological polar surface area (TPSA) is 122 Å². The molecule has 3 amide bonds. The van der Waals surface area contributed by atoms with Gasteiger partial charge in [-0.15, -0.1) is 0 Å². The van der Waals surface area contributed by atoms with Gasteiger partial charge in [-0.2, -0.15) is 10.2 Å². The molecule has 1 atom stereocenters. The second kappa shape index (κ2) is 9.07. The van der Waals surface area contributed by atoms with E-state index in [1.807, 2.05) is 30.1 Å². The minimum absolute atomic E-state index is 0.00969. The lowest BCUT2D eigenvalue weighted by Crippen LogP contribution is -2.42. The van der Waals surface area contributed by atoms with Crippen molar-refractivity contribution in [3.05, 3.63) is 40.8 Å². The van der Waals surface area contributed by atoms with Gasteiger partial charge in [0.1, 0.15) is 17.4 Å². The number of para-hydroxylation sites is 1. The Morgan fingerprint density at radius 1 is 1.08 bits per heavy atom. The van der Waals surface area contributed by atoms with Crippen molar-refractivity contribution in [1.29, 1.82) is 0 Å². The predicted molar refractivity (Wildman–Crippen MR) is 131 cm³/mol. The molecular formula is C26H30N6O4. The van der Waals surface area contributed by atoms with E-state index in [0.717, 1.165) is 60.7 Å². The fourth-order valence-corrected chi connectivity index (χ4v) is 5.80. The third-order valence-corrected chi connectivity index (χ3v) is 7.71. The van der Waals surface area contributed by atoms with Crippen molar-refractivity contribution in [1.82, 2.24) is 30.2 Å². The van der Waals surface area contributed by atoms with Crippen LogP contribution in [0.15, 0.2) is 18.2 Å². The lowest BCUT2D eigenvalue weighted by atomic mass is 9.93. The highest BCUT2D eigenvalue weighted by atomic mass is 16.5. The minimum atomic E-state index is -0.455. The number of fused-ring (bicyclic) bond motifs is 2. The first-order chi connectivity index (χ1) is 17.5. The summed E-state index contributed by atoms with van der Waals surface area (Å²) in [5, 5.41) is 15.3. The Kier molecular flexibility index (Phi) is 5.73. The van der Waals surface area contributed by atoms with Crippen LogP contribution in [0.25, 0.3) is 10.9 Å². The average Bonchev–Trinajstić information content (AvgIpc) is 3.46. The first-order valence-electron chi connectivity index (χ1n) is 12.8. The molecule has 3 aromatic rings. The summed E-state index contributed by atoms with van der Waals surface area (Å²) in [6.45, 7) is 1.24. The Morgan fingerprint density at radius 3 is 2.69 bits per heavy atom. The van der Waals surface area contributed by atoms with E-state index in [-0.39, 0.29) is 23.8 Å². The van der Waals surface area contributed by atoms with Gasteiger partial charge >= 0.3 is 0 Å². The van der Waals surface area contributed by atoms with Gasteiger partial charge < -0.3 is 9.64 Å². The number of carbonyl (C=O) groups excluding carboxylic acids is 3. The summed E-state index contributed by atoms with van der Waals surface area (Å²) in [7, 11) is 1.84. The van der Waals surface area contributed by atoms with Crippen LogP contribution in [0.1, 0.15) is 71.9 Å². The zero-order valence-electron chi connectivity index (χ0n) is 20.4. The largest absolute Gasteiger partial charge is 0.488 e. The van der Waals surface area contributed by atoms with Crippen molar-refractivity contribution in [3.63, 3.8) is 0 Å². The quantitative estimate of drug-likeness (QED) is 0.542. The Morgan fingerprint density at radius 2 is 1.89 bits per heavy atom. The van der Waals surface area contributed by atoms with Gasteiger partial charge in [0.25, 0.3) is 5.91 Å². The molecule has 2 aromatic heterocycles. The van der Waals surface area contributed by atoms with E-state index in [4.69, 9.17) is 4.74 Å². The summed E-state index contributed by atoms with van der Waals surface area (Å²) < 4.78 is 8.18. The van der Waals surface area contributed by atoms with Crippen LogP contribution in [0, 0.1) is 0 Å². The lowest BCUT2D eigenvalue weighted by Gasteiger charge is -2.32. The monoisotopic (exact) mass is 490 g/mol. The van der Waals surface area contributed by atoms with Gasteiger partial charge in [0.05, 0.1) is 11.6 Å². The van der Waals surface area contributed by atoms with Crippen molar-refractivity contribution >= 4 is 28.6 Å². The number of amides is 3. The van der Waals surface area contributed by atoms with Crippen LogP contribution in [-0.2, 0) is 29.5 Å². The Labute approximate surface area is 208 Å². The molecule has 0 radical (unpaired) electrons. The second-order valence-electron chi connectivity index (χ2n) is 10.0. The molecular weight excluding hydrogens is 460 g/mol. The molecule has 2 aliphatic heterocycles. The number of hydrogen-bond acceptors (Lipinski definition) is 6. The Balaban J connectivity index is 1.16. The minimum Gasteiger partial charge on any atom is -0.488 e. The van der Waals surface area contributed by atoms with Crippen molar-refractivity contribution in [3.8, 4) is 5.75 Å². The standard InChI is InChI=1S/C26H30N6O4/c1-31-24-17(22(30-31)18-9-10-21(33)27-25(18)34)6-4-8-20(24)36-15-11-13-32(14-12-15)26(35)23-16-5-2-3-7-19(16)28-29-23/h4,6,8,15,18H,2-3,5,7,9-14H2,1H3,(H,28,29)(H,27,33,34). The van der Waals surface area contributed by atoms with E-state index in [1.54, 1.807) is 4.68 Å². The van der Waals surface area contributed by atoms with Crippen LogP contribution < -0.4 is 10.1 Å². The van der Waals surface area contributed by atoms with Crippen LogP contribution in [0.4, 0.5) is 0 Å². The third kappa shape index (κ3) is 3.94. The summed E-state index contributed by atoms with van der Waals surface area (Å²) in [6, 6.07) is 5.78. The van der Waals surface area contributed by atoms with Gasteiger partial charge in [0.15, 0.2) is 5.69 Å². The smallest absolute Gasteiger partial charge is 0.274 e. The van der Waals surface area contributed by atoms with Crippen LogP contribution >= 0.6 is 0 Å². The molecule has 188 valence electrons. The zero-order valence-corrected chi connectivity index (χ0v) is 20.4. The second-order valence-corrected chi connectivity index (χ2v) is 10.0. The third-order valence-electron chi connectivity index (χ3n) is 7.71. The van der Waals surface area contributed by atoms with Crippen LogP contribution in [0.2, 0.25) is 0 Å². The maximum absolute atomic E-state index is 13.2. The normalized spacial score (nSPS) is 20.9. The SMILES string of the molecule is Cn1nc(C2CCC(=O)NC2=O)c2cccc(OC3CCN(C(=O)c4n[nH]c5c4CCCC5)CC3)c21. The van der Waals surface area contributed by atoms with Crippen LogP contribution in [-0.4, -0.2) is 61.8 Å². The Bertz CT molecular complexity index is 1350. The highest BCUT2D eigenvalue weighted by Gasteiger charge is 2.33. The number of nitrogens with zero attached hydrogens (tertiary/aromatic N) is 4. The molecule has 10 heteroatoms. The summed E-state index contributed by atoms with van der Waals surface area (Å²) in [5.74, 6) is -0.267. The molecule has 4 heterocycles. The number of benzene rings is 1. The highest BCUT2D eigenvalue weighted by Crippen LogP contribution is 2.35. The summed E-state index contributed by atoms with van der Waals surface area (Å²) in [6.07, 6.45) is 6.33. The molecule has 0 saturated carbocycles. The number of ether oxygens (including phenoxy) is 1. The Hall–Kier alpha value is -3.69. The molecule has 2 saturated heterocycles. The predicted octanol–water partition coefficient (Wildman–Crippen LogP) is 2.38. The van der Waals surface area contributed by atoms with E-state index >= 15 is 0 Å². The van der Waals surface area contributed by atoms with E-state index in [0.29, 0.717) is 43.1 Å². The van der Waals surface area contributed by atoms with Crippen LogP contribution in [0.3, 0.4) is 0 Å². The molecule has 0 spiro atoms. The first kappa shape index (κ1) is 22.8. The molecule has 6 rings (SSSR count). The summed E-state index contributed by atoms with van der Waals surface area (Å²) in [4.78, 5) is 39.1. The van der Waals surface area contributed by atoms with Crippen LogP contribution in [0.5, 0.6) is 5.75 Å². The molecule has 1 aromatic carbocycles. The van der Waals surface area contributed by atoms with Gasteiger partial charge in [0, 0.05) is 56.0 Å². The number of H-pyrrole nitrogens is 1. The number of hydrogen-bond donors (Lipinski definition) is 2. The number of rotatable bonds is 4. The molecule has 0 bridgehead atoms. The molecule has 1 aliphatic carbocycles. The number of aromatic nitrogens is 4. The first-order valence-corrected chi connectivity index (χ1v) is 12.8. The number of piperidine rings is 2. The van der Waals surface area contributed by atoms with E-state index in [2.05, 4.69) is 20.6 Å². The van der Waals surface area contributed by atoms with E-state index in [1.165, 1.54) is 0 Å². The fourth-order valence-electron chi connectivity index (χ4n) is 5.80. The molecule has 1 unspecified atom stereocenters. The molecule has 3 aliphatic rings. The zero-order chi connectivity index (χ0) is 24.8. The number of likely N-dealkylation sites (tertiary alicyclic amines) is 1. The number of nitrogens with one attached hydrogen (secondary N) is 2. The fraction of sp³-hybridized carbons (Fsp3) is 0.500. The highest BCUT2D eigenvalue weighted by molar-refractivity contribution is 6.03. The molecule has 36 heavy (non-hydrogen) atoms. The van der Waals surface area contributed by atoms with Crippen molar-refractivity contribution in [2.75, 3.05) is 13.1 Å². The molecule has 2 fully saturated rings. The lowest BCUT2D eigenvalue weighted by molar-refractivity contribution is -0.134. The summed E-state index contributed by atoms with van der Waals surface area (Å²) in [5.41, 5.74) is 4.30.